The molecule has 2 aliphatic heterocycles. The summed E-state index contributed by atoms with van der Waals surface area (Å²) < 4.78 is 5.65. The third-order valence-corrected chi connectivity index (χ3v) is 11.4. The van der Waals surface area contributed by atoms with Gasteiger partial charge in [0.25, 0.3) is 17.7 Å². The Kier molecular flexibility index (Phi) is 12.6. The maximum absolute atomic E-state index is 13.9. The lowest BCUT2D eigenvalue weighted by Crippen LogP contribution is -2.44. The normalized spacial score (nSPS) is 18.2. The second kappa shape index (κ2) is 17.9. The fourth-order valence-corrected chi connectivity index (χ4v) is 8.39. The summed E-state index contributed by atoms with van der Waals surface area (Å²) in [5.41, 5.74) is 5.97. The third kappa shape index (κ3) is 9.76. The van der Waals surface area contributed by atoms with Crippen molar-refractivity contribution in [3.05, 3.63) is 113 Å². The lowest BCUT2D eigenvalue weighted by molar-refractivity contribution is -0.160. The van der Waals surface area contributed by atoms with E-state index < -0.39 is 5.60 Å². The second-order valence-corrected chi connectivity index (χ2v) is 16.8. The van der Waals surface area contributed by atoms with Gasteiger partial charge in [0.05, 0.1) is 17.4 Å². The molecule has 7 rings (SSSR count). The number of esters is 1. The van der Waals surface area contributed by atoms with Gasteiger partial charge >= 0.3 is 5.97 Å². The molecule has 11 heteroatoms. The molecule has 2 saturated heterocycles. The number of carbonyl (C=O) groups excluding carboxylic acids is 4. The predicted octanol–water partition coefficient (Wildman–Crippen LogP) is 7.68. The Morgan fingerprint density at radius 2 is 1.59 bits per heavy atom. The first kappa shape index (κ1) is 40.6. The number of carbonyl (C=O) groups is 4. The predicted molar refractivity (Wildman–Crippen MR) is 227 cm³/mol. The van der Waals surface area contributed by atoms with E-state index in [2.05, 4.69) is 32.6 Å². The van der Waals surface area contributed by atoms with Crippen molar-refractivity contribution in [2.45, 2.75) is 89.8 Å². The number of nitrogens with zero attached hydrogens (tertiary/aromatic N) is 4. The molecule has 2 N–H and O–H groups in total. The molecule has 2 atom stereocenters. The second-order valence-electron chi connectivity index (χ2n) is 16.8. The van der Waals surface area contributed by atoms with Crippen molar-refractivity contribution in [1.82, 2.24) is 20.1 Å². The van der Waals surface area contributed by atoms with Gasteiger partial charge in [-0.25, -0.2) is 0 Å². The smallest absolute Gasteiger partial charge is 0.323 e. The van der Waals surface area contributed by atoms with Crippen LogP contribution in [0.15, 0.2) is 85.1 Å². The standard InChI is InChI=1S/C47H56N6O5/c1-47(2,3)58-46(57)42-19-12-26-53(42)28-27-51(4)45(56)35-16-10-15-33(29-35)43(54)50-40-21-20-36(52-24-8-5-9-25-52)31-38(40)41-30-34(22-23-48-41)44(55)49-39-18-11-14-32-13-6-7-17-37(32)39/h6-7,10,13,15-17,20-23,29-31,39,42H,5,8-9,11-12,14,18-19,24-28H2,1-4H3,(H,49,55)(H,50,54)/t39?,42-/m0/s1. The van der Waals surface area contributed by atoms with Gasteiger partial charge < -0.3 is 25.2 Å². The molecule has 304 valence electrons. The molecular weight excluding hydrogens is 729 g/mol. The summed E-state index contributed by atoms with van der Waals surface area (Å²) >= 11 is 0. The quantitative estimate of drug-likeness (QED) is 0.149. The maximum atomic E-state index is 13.9. The molecule has 0 radical (unpaired) electrons. The van der Waals surface area contributed by atoms with Crippen LogP contribution in [0.5, 0.6) is 0 Å². The van der Waals surface area contributed by atoms with Crippen LogP contribution in [0.1, 0.15) is 114 Å². The van der Waals surface area contributed by atoms with Crippen LogP contribution in [0.25, 0.3) is 11.3 Å². The number of rotatable bonds is 11. The number of fused-ring (bicyclic) bond motifs is 1. The number of hydrogen-bond donors (Lipinski definition) is 2. The molecule has 58 heavy (non-hydrogen) atoms. The molecular formula is C47H56N6O5. The topological polar surface area (TPSA) is 124 Å². The monoisotopic (exact) mass is 784 g/mol. The van der Waals surface area contributed by atoms with E-state index in [9.17, 15) is 19.2 Å². The van der Waals surface area contributed by atoms with Crippen LogP contribution in [0.4, 0.5) is 11.4 Å². The minimum absolute atomic E-state index is 0.0598. The van der Waals surface area contributed by atoms with E-state index in [1.165, 1.54) is 17.5 Å². The molecule has 1 unspecified atom stereocenters. The highest BCUT2D eigenvalue weighted by molar-refractivity contribution is 6.08. The number of nitrogens with one attached hydrogen (secondary N) is 2. The minimum atomic E-state index is -0.560. The first-order valence-corrected chi connectivity index (χ1v) is 20.8. The van der Waals surface area contributed by atoms with Crippen molar-refractivity contribution < 1.29 is 23.9 Å². The number of piperidine rings is 1. The summed E-state index contributed by atoms with van der Waals surface area (Å²) in [4.78, 5) is 64.9. The fourth-order valence-electron chi connectivity index (χ4n) is 8.39. The van der Waals surface area contributed by atoms with Gasteiger partial charge in [-0.1, -0.05) is 30.3 Å². The van der Waals surface area contributed by atoms with E-state index in [1.807, 2.05) is 51.1 Å². The van der Waals surface area contributed by atoms with E-state index in [0.717, 1.165) is 70.3 Å². The largest absolute Gasteiger partial charge is 0.459 e. The summed E-state index contributed by atoms with van der Waals surface area (Å²) in [6.07, 6.45) is 9.61. The highest BCUT2D eigenvalue weighted by Gasteiger charge is 2.34. The zero-order valence-corrected chi connectivity index (χ0v) is 34.3. The highest BCUT2D eigenvalue weighted by Crippen LogP contribution is 2.34. The van der Waals surface area contributed by atoms with E-state index in [-0.39, 0.29) is 35.8 Å². The summed E-state index contributed by atoms with van der Waals surface area (Å²) in [5, 5.41) is 6.36. The maximum Gasteiger partial charge on any atom is 0.323 e. The van der Waals surface area contributed by atoms with Crippen LogP contribution < -0.4 is 15.5 Å². The molecule has 0 spiro atoms. The van der Waals surface area contributed by atoms with Crippen LogP contribution in [0.2, 0.25) is 0 Å². The number of amides is 3. The molecule has 4 aromatic rings. The lowest BCUT2D eigenvalue weighted by Gasteiger charge is -2.29. The minimum Gasteiger partial charge on any atom is -0.459 e. The number of likely N-dealkylation sites (tertiary alicyclic amines) is 1. The lowest BCUT2D eigenvalue weighted by atomic mass is 9.87. The average Bonchev–Trinajstić information content (AvgIpc) is 3.72. The van der Waals surface area contributed by atoms with Gasteiger partial charge in [0.2, 0.25) is 0 Å². The Morgan fingerprint density at radius 1 is 0.810 bits per heavy atom. The molecule has 3 amide bonds. The van der Waals surface area contributed by atoms with Gasteiger partial charge in [-0.15, -0.1) is 0 Å². The van der Waals surface area contributed by atoms with Gasteiger partial charge in [-0.2, -0.15) is 0 Å². The van der Waals surface area contributed by atoms with Gasteiger partial charge in [0.15, 0.2) is 0 Å². The number of benzene rings is 3. The van der Waals surface area contributed by atoms with Gasteiger partial charge in [0, 0.05) is 67.4 Å². The zero-order chi connectivity index (χ0) is 40.8. The molecule has 11 nitrogen and oxygen atoms in total. The summed E-state index contributed by atoms with van der Waals surface area (Å²) in [7, 11) is 1.74. The number of pyridine rings is 1. The molecule has 1 aromatic heterocycles. The summed E-state index contributed by atoms with van der Waals surface area (Å²) in [6.45, 7) is 9.21. The van der Waals surface area contributed by atoms with Crippen molar-refractivity contribution in [3.63, 3.8) is 0 Å². The Bertz CT molecular complexity index is 2140. The molecule has 1 aliphatic carbocycles. The Morgan fingerprint density at radius 3 is 2.40 bits per heavy atom. The van der Waals surface area contributed by atoms with Gasteiger partial charge in [-0.05, 0) is 138 Å². The van der Waals surface area contributed by atoms with Crippen LogP contribution in [0, 0.1) is 0 Å². The highest BCUT2D eigenvalue weighted by atomic mass is 16.6. The number of aryl methyl sites for hydroxylation is 1. The van der Waals surface area contributed by atoms with Crippen LogP contribution in [0.3, 0.4) is 0 Å². The molecule has 2 fully saturated rings. The Hall–Kier alpha value is -5.55. The molecule has 0 saturated carbocycles. The van der Waals surface area contributed by atoms with E-state index >= 15 is 0 Å². The fraction of sp³-hybridized carbons (Fsp3) is 0.426. The van der Waals surface area contributed by atoms with Crippen LogP contribution in [-0.4, -0.2) is 89.9 Å². The summed E-state index contributed by atoms with van der Waals surface area (Å²) in [5.74, 6) is -0.980. The van der Waals surface area contributed by atoms with Crippen molar-refractivity contribution >= 4 is 35.1 Å². The van der Waals surface area contributed by atoms with Crippen molar-refractivity contribution in [2.75, 3.05) is 50.0 Å². The van der Waals surface area contributed by atoms with Crippen LogP contribution in [-0.2, 0) is 16.0 Å². The number of ether oxygens (including phenoxy) is 1. The first-order chi connectivity index (χ1) is 27.9. The molecule has 3 heterocycles. The van der Waals surface area contributed by atoms with Crippen molar-refractivity contribution in [3.8, 4) is 11.3 Å². The zero-order valence-electron chi connectivity index (χ0n) is 34.3. The Balaban J connectivity index is 1.07. The summed E-state index contributed by atoms with van der Waals surface area (Å²) in [6, 6.07) is 24.1. The van der Waals surface area contributed by atoms with Gasteiger partial charge in [0.1, 0.15) is 11.6 Å². The molecule has 3 aliphatic rings. The Labute approximate surface area is 342 Å². The van der Waals surface area contributed by atoms with E-state index in [0.29, 0.717) is 46.7 Å². The van der Waals surface area contributed by atoms with Crippen LogP contribution >= 0.6 is 0 Å². The average molecular weight is 785 g/mol. The van der Waals surface area contributed by atoms with Crippen molar-refractivity contribution in [1.29, 1.82) is 0 Å². The van der Waals surface area contributed by atoms with E-state index in [4.69, 9.17) is 9.72 Å². The third-order valence-electron chi connectivity index (χ3n) is 11.4. The van der Waals surface area contributed by atoms with E-state index in [1.54, 1.807) is 54.5 Å². The molecule has 3 aromatic carbocycles. The SMILES string of the molecule is CN(CCN1CCC[C@H]1C(=O)OC(C)(C)C)C(=O)c1cccc(C(=O)Nc2ccc(N3CCCCC3)cc2-c2cc(C(=O)NC3CCCc4ccccc43)ccn2)c1. The number of anilines is 2. The van der Waals surface area contributed by atoms with Crippen molar-refractivity contribution in [2.24, 2.45) is 0 Å². The van der Waals surface area contributed by atoms with Gasteiger partial charge in [-0.3, -0.25) is 29.1 Å². The molecule has 0 bridgehead atoms. The number of aromatic nitrogens is 1. The first-order valence-electron chi connectivity index (χ1n) is 20.8. The number of likely N-dealkylation sites (N-methyl/N-ethyl adjacent to an activating group) is 1. The number of hydrogen-bond acceptors (Lipinski definition) is 8.